The second kappa shape index (κ2) is 3.07. The van der Waals surface area contributed by atoms with Crippen molar-refractivity contribution in [2.24, 2.45) is 0 Å². The summed E-state index contributed by atoms with van der Waals surface area (Å²) in [6.07, 6.45) is -0.403. The van der Waals surface area contributed by atoms with Crippen molar-refractivity contribution >= 4 is 5.78 Å². The van der Waals surface area contributed by atoms with E-state index in [1.165, 1.54) is 0 Å². The summed E-state index contributed by atoms with van der Waals surface area (Å²) in [7, 11) is 0. The van der Waals surface area contributed by atoms with Gasteiger partial charge in [0.1, 0.15) is 11.9 Å². The van der Waals surface area contributed by atoms with E-state index in [1.54, 1.807) is 11.6 Å². The van der Waals surface area contributed by atoms with Crippen molar-refractivity contribution in [2.75, 3.05) is 6.61 Å². The summed E-state index contributed by atoms with van der Waals surface area (Å²) in [6.45, 7) is 2.23. The van der Waals surface area contributed by atoms with Crippen molar-refractivity contribution in [3.05, 3.63) is 5.82 Å². The molecular weight excluding hydrogens is 200 g/mol. The van der Waals surface area contributed by atoms with Crippen LogP contribution in [0.1, 0.15) is 18.3 Å². The van der Waals surface area contributed by atoms with Gasteiger partial charge in [-0.15, -0.1) is 5.10 Å². The quantitative estimate of drug-likeness (QED) is 0.606. The summed E-state index contributed by atoms with van der Waals surface area (Å²) in [6, 6.07) is -0.133. The normalized spacial score (nSPS) is 34.7. The van der Waals surface area contributed by atoms with Crippen molar-refractivity contribution < 1.29 is 14.3 Å². The highest BCUT2D eigenvalue weighted by atomic mass is 16.7. The molecule has 7 heteroatoms. The summed E-state index contributed by atoms with van der Waals surface area (Å²) >= 11 is 0. The molecule has 0 unspecified atom stereocenters. The van der Waals surface area contributed by atoms with E-state index in [-0.39, 0.29) is 17.9 Å². The number of rotatable bonds is 1. The number of aromatic nitrogens is 4. The number of tetrazole rings is 1. The van der Waals surface area contributed by atoms with E-state index < -0.39 is 6.29 Å². The predicted molar refractivity (Wildman–Crippen MR) is 45.8 cm³/mol. The summed E-state index contributed by atoms with van der Waals surface area (Å²) < 4.78 is 12.2. The Labute approximate surface area is 85.3 Å². The first-order chi connectivity index (χ1) is 7.25. The third kappa shape index (κ3) is 1.27. The Kier molecular flexibility index (Phi) is 1.83. The van der Waals surface area contributed by atoms with Gasteiger partial charge in [-0.25, -0.2) is 4.68 Å². The minimum atomic E-state index is -0.664. The van der Waals surface area contributed by atoms with E-state index >= 15 is 0 Å². The van der Waals surface area contributed by atoms with Crippen molar-refractivity contribution in [3.8, 4) is 0 Å². The smallest absolute Gasteiger partial charge is 0.218 e. The molecule has 2 aliphatic heterocycles. The van der Waals surface area contributed by atoms with Crippen LogP contribution in [-0.2, 0) is 14.3 Å². The first-order valence-electron chi connectivity index (χ1n) is 4.80. The molecule has 80 valence electrons. The molecule has 1 aromatic heterocycles. The summed E-state index contributed by atoms with van der Waals surface area (Å²) in [5.74, 6) is 0.644. The van der Waals surface area contributed by atoms with Crippen molar-refractivity contribution in [1.29, 1.82) is 0 Å². The van der Waals surface area contributed by atoms with Gasteiger partial charge in [0.05, 0.1) is 12.6 Å². The molecule has 1 aromatic rings. The lowest BCUT2D eigenvalue weighted by Crippen LogP contribution is -2.37. The Hall–Kier alpha value is -1.34. The maximum atomic E-state index is 11.5. The van der Waals surface area contributed by atoms with Gasteiger partial charge < -0.3 is 9.47 Å². The zero-order valence-electron chi connectivity index (χ0n) is 8.16. The fourth-order valence-electron chi connectivity index (χ4n) is 2.01. The number of Topliss-reactive ketones (excluding diaryl/α,β-unsaturated/α-hetero) is 1. The number of carbonyl (C=O) groups is 1. The van der Waals surface area contributed by atoms with E-state index in [4.69, 9.17) is 9.47 Å². The van der Waals surface area contributed by atoms with E-state index in [0.717, 1.165) is 0 Å². The molecule has 0 aliphatic carbocycles. The van der Waals surface area contributed by atoms with Crippen LogP contribution in [0.3, 0.4) is 0 Å². The number of aryl methyl sites for hydroxylation is 1. The van der Waals surface area contributed by atoms with Gasteiger partial charge in [-0.1, -0.05) is 0 Å². The van der Waals surface area contributed by atoms with Crippen LogP contribution < -0.4 is 0 Å². The average molecular weight is 210 g/mol. The molecule has 3 atom stereocenters. The van der Waals surface area contributed by atoms with Gasteiger partial charge in [-0.05, 0) is 17.4 Å². The van der Waals surface area contributed by atoms with Crippen LogP contribution in [0, 0.1) is 6.92 Å². The fraction of sp³-hybridized carbons (Fsp3) is 0.750. The summed E-state index contributed by atoms with van der Waals surface area (Å²) in [5, 5.41) is 11.2. The number of hydrogen-bond acceptors (Lipinski definition) is 6. The lowest BCUT2D eigenvalue weighted by Gasteiger charge is -2.26. The molecule has 0 spiro atoms. The van der Waals surface area contributed by atoms with Gasteiger partial charge in [0.25, 0.3) is 0 Å². The predicted octanol–water partition coefficient (Wildman–Crippen LogP) is -0.763. The van der Waals surface area contributed by atoms with Gasteiger partial charge >= 0.3 is 0 Å². The Bertz CT molecular complexity index is 404. The highest BCUT2D eigenvalue weighted by Crippen LogP contribution is 2.32. The number of ether oxygens (including phenoxy) is 2. The number of nitrogens with zero attached hydrogens (tertiary/aromatic N) is 4. The molecule has 2 fully saturated rings. The van der Waals surface area contributed by atoms with Crippen LogP contribution >= 0.6 is 0 Å². The lowest BCUT2D eigenvalue weighted by atomic mass is 10.0. The van der Waals surface area contributed by atoms with E-state index in [9.17, 15) is 4.79 Å². The SMILES string of the molecule is Cc1nnnn1[C@@H]1CC(=O)[C@H]2OC[C@@H]1O2. The molecule has 2 aliphatic rings. The number of carbonyl (C=O) groups excluding carboxylic acids is 1. The van der Waals surface area contributed by atoms with Gasteiger partial charge in [0.2, 0.25) is 6.29 Å². The second-order valence-electron chi connectivity index (χ2n) is 3.75. The number of fused-ring (bicyclic) bond motifs is 2. The largest absolute Gasteiger partial charge is 0.343 e. The first kappa shape index (κ1) is 8.93. The zero-order valence-corrected chi connectivity index (χ0v) is 8.16. The number of ketones is 1. The van der Waals surface area contributed by atoms with Gasteiger partial charge in [0, 0.05) is 6.42 Å². The Morgan fingerprint density at radius 2 is 2.40 bits per heavy atom. The van der Waals surface area contributed by atoms with Crippen LogP contribution in [-0.4, -0.2) is 45.0 Å². The van der Waals surface area contributed by atoms with Crippen LogP contribution in [0.15, 0.2) is 0 Å². The molecule has 2 bridgehead atoms. The fourth-order valence-corrected chi connectivity index (χ4v) is 2.01. The van der Waals surface area contributed by atoms with E-state index in [1.807, 2.05) is 0 Å². The highest BCUT2D eigenvalue weighted by Gasteiger charge is 2.44. The van der Waals surface area contributed by atoms with E-state index in [0.29, 0.717) is 18.9 Å². The maximum Gasteiger partial charge on any atom is 0.218 e. The molecule has 0 saturated carbocycles. The molecule has 3 rings (SSSR count). The van der Waals surface area contributed by atoms with Crippen LogP contribution in [0.5, 0.6) is 0 Å². The van der Waals surface area contributed by atoms with Crippen LogP contribution in [0.25, 0.3) is 0 Å². The Morgan fingerprint density at radius 3 is 3.13 bits per heavy atom. The molecule has 7 nitrogen and oxygen atoms in total. The molecule has 3 heterocycles. The molecular formula is C8H10N4O3. The van der Waals surface area contributed by atoms with Crippen molar-refractivity contribution in [2.45, 2.75) is 31.8 Å². The van der Waals surface area contributed by atoms with Crippen LogP contribution in [0.4, 0.5) is 0 Å². The zero-order chi connectivity index (χ0) is 10.4. The minimum Gasteiger partial charge on any atom is -0.343 e. The third-order valence-corrected chi connectivity index (χ3v) is 2.78. The van der Waals surface area contributed by atoms with Crippen LogP contribution in [0.2, 0.25) is 0 Å². The monoisotopic (exact) mass is 210 g/mol. The number of hydrogen-bond donors (Lipinski definition) is 0. The standard InChI is InChI=1S/C8H10N4O3/c1-4-9-10-11-12(4)5-2-6(13)8-14-3-7(5)15-8/h5,7-8H,2-3H2,1H3/t5-,7+,8+/m1/s1. The molecule has 2 saturated heterocycles. The second-order valence-corrected chi connectivity index (χ2v) is 3.75. The molecule has 0 N–H and O–H groups in total. The molecule has 0 amide bonds. The minimum absolute atomic E-state index is 0.0383. The van der Waals surface area contributed by atoms with Crippen molar-refractivity contribution in [3.63, 3.8) is 0 Å². The van der Waals surface area contributed by atoms with Gasteiger partial charge in [0.15, 0.2) is 5.78 Å². The van der Waals surface area contributed by atoms with Gasteiger partial charge in [-0.2, -0.15) is 0 Å². The van der Waals surface area contributed by atoms with Gasteiger partial charge in [-0.3, -0.25) is 4.79 Å². The Morgan fingerprint density at radius 1 is 1.53 bits per heavy atom. The summed E-state index contributed by atoms with van der Waals surface area (Å²) in [4.78, 5) is 11.5. The summed E-state index contributed by atoms with van der Waals surface area (Å²) in [5.41, 5.74) is 0. The lowest BCUT2D eigenvalue weighted by molar-refractivity contribution is -0.156. The first-order valence-corrected chi connectivity index (χ1v) is 4.80. The molecule has 15 heavy (non-hydrogen) atoms. The molecule has 0 radical (unpaired) electrons. The Balaban J connectivity index is 1.93. The maximum absolute atomic E-state index is 11.5. The topological polar surface area (TPSA) is 79.1 Å². The van der Waals surface area contributed by atoms with Crippen molar-refractivity contribution in [1.82, 2.24) is 20.2 Å². The average Bonchev–Trinajstić information content (AvgIpc) is 2.80. The highest BCUT2D eigenvalue weighted by molar-refractivity contribution is 5.83. The van der Waals surface area contributed by atoms with E-state index in [2.05, 4.69) is 15.5 Å². The third-order valence-electron chi connectivity index (χ3n) is 2.78. The molecule has 0 aromatic carbocycles.